The minimum Gasteiger partial charge on any atom is -0.442 e. The molecule has 0 radical (unpaired) electrons. The van der Waals surface area contributed by atoms with Gasteiger partial charge < -0.3 is 16.8 Å². The Hall–Kier alpha value is 0.924. The maximum absolute atomic E-state index is 6.40. The zero-order valence-corrected chi connectivity index (χ0v) is 19.6. The highest BCUT2D eigenvalue weighted by atomic mass is 28.5. The van der Waals surface area contributed by atoms with Crippen LogP contribution in [0.1, 0.15) is 0 Å². The molecule has 0 aliphatic heterocycles. The molecule has 0 heterocycles. The summed E-state index contributed by atoms with van der Waals surface area (Å²) >= 11 is 0. The first-order chi connectivity index (χ1) is 8.60. The maximum atomic E-state index is 6.40. The topological polar surface area (TPSA) is 36.9 Å². The molecule has 9 heteroatoms. The van der Waals surface area contributed by atoms with E-state index in [-0.39, 0.29) is 0 Å². The summed E-state index contributed by atoms with van der Waals surface area (Å²) in [4.78, 5) is 0. The molecule has 0 amide bonds. The van der Waals surface area contributed by atoms with Crippen LogP contribution in [0.4, 0.5) is 0 Å². The van der Waals surface area contributed by atoms with Crippen LogP contribution in [-0.2, 0) is 16.8 Å². The van der Waals surface area contributed by atoms with E-state index >= 15 is 0 Å². The molecular weight excluding hydrogens is 325 g/mol. The smallest absolute Gasteiger partial charge is 0.317 e. The molecule has 4 nitrogen and oxygen atoms in total. The summed E-state index contributed by atoms with van der Waals surface area (Å²) in [5.41, 5.74) is 0. The molecule has 116 valence electrons. The summed E-state index contributed by atoms with van der Waals surface area (Å²) in [5, 5.41) is 0. The molecule has 0 rings (SSSR count). The molecule has 0 saturated heterocycles. The van der Waals surface area contributed by atoms with Crippen molar-refractivity contribution in [1.82, 2.24) is 0 Å². The minimum atomic E-state index is -2.10. The summed E-state index contributed by atoms with van der Waals surface area (Å²) in [6.07, 6.45) is 0. The van der Waals surface area contributed by atoms with Gasteiger partial charge >= 0.3 is 17.1 Å². The Kier molecular flexibility index (Phi) is 9.49. The van der Waals surface area contributed by atoms with Crippen LogP contribution < -0.4 is 0 Å². The van der Waals surface area contributed by atoms with Crippen LogP contribution in [0, 0.1) is 0 Å². The fourth-order valence-corrected chi connectivity index (χ4v) is 16.9. The molecule has 0 aromatic heterocycles. The molecular formula is C10H32O4Si5. The van der Waals surface area contributed by atoms with Gasteiger partial charge in [-0.1, -0.05) is 6.55 Å². The summed E-state index contributed by atoms with van der Waals surface area (Å²) in [5.74, 6) is 0. The lowest BCUT2D eigenvalue weighted by Gasteiger charge is -2.36. The monoisotopic (exact) mass is 356 g/mol. The second kappa shape index (κ2) is 9.05. The number of hydrogen-bond acceptors (Lipinski definition) is 4. The molecule has 19 heavy (non-hydrogen) atoms. The Morgan fingerprint density at radius 2 is 1.58 bits per heavy atom. The lowest BCUT2D eigenvalue weighted by molar-refractivity contribution is 0.302. The predicted molar refractivity (Wildman–Crippen MR) is 95.3 cm³/mol. The van der Waals surface area contributed by atoms with Gasteiger partial charge in [0.1, 0.15) is 9.76 Å². The van der Waals surface area contributed by atoms with Gasteiger partial charge in [-0.15, -0.1) is 0 Å². The van der Waals surface area contributed by atoms with Crippen LogP contribution in [0.15, 0.2) is 0 Å². The van der Waals surface area contributed by atoms with Gasteiger partial charge in [-0.05, 0) is 45.8 Å². The summed E-state index contributed by atoms with van der Waals surface area (Å²) in [6.45, 7) is 18.2. The van der Waals surface area contributed by atoms with E-state index in [0.717, 1.165) is 12.7 Å². The van der Waals surface area contributed by atoms with Crippen molar-refractivity contribution in [3.63, 3.8) is 0 Å². The van der Waals surface area contributed by atoms with Crippen molar-refractivity contribution in [3.8, 4) is 0 Å². The van der Waals surface area contributed by atoms with Crippen LogP contribution in [0.2, 0.25) is 58.4 Å². The van der Waals surface area contributed by atoms with E-state index in [4.69, 9.17) is 16.8 Å². The van der Waals surface area contributed by atoms with Gasteiger partial charge in [0.25, 0.3) is 0 Å². The SMILES string of the molecule is C[SiH2]O[Si@@](C)(CCO[SiH](C)C)O[Si](C)(C)O[SiH](C)C. The third-order valence-corrected chi connectivity index (χ3v) is 15.9. The van der Waals surface area contributed by atoms with E-state index in [2.05, 4.69) is 52.4 Å². The standard InChI is InChI=1S/C10H32O4Si5/c1-15-12-19(8,10-9-11-16(2)3)14-18(6,7)13-17(4)5/h16-17H,9-10,15H2,1-8H3/t19-/m1/s1. The minimum absolute atomic E-state index is 0.463. The number of hydrogen-bond donors (Lipinski definition) is 0. The molecule has 0 N–H and O–H groups in total. The molecule has 0 bridgehead atoms. The fourth-order valence-electron chi connectivity index (χ4n) is 2.05. The highest BCUT2D eigenvalue weighted by Gasteiger charge is 2.39. The second-order valence-corrected chi connectivity index (χ2v) is 19.5. The van der Waals surface area contributed by atoms with Crippen LogP contribution in [0.5, 0.6) is 0 Å². The molecule has 0 aliphatic rings. The van der Waals surface area contributed by atoms with Crippen LogP contribution in [0.25, 0.3) is 0 Å². The largest absolute Gasteiger partial charge is 0.442 e. The quantitative estimate of drug-likeness (QED) is 0.560. The third kappa shape index (κ3) is 10.3. The Bertz CT molecular complexity index is 252. The molecule has 0 aromatic rings. The molecule has 0 spiro atoms. The van der Waals surface area contributed by atoms with Gasteiger partial charge in [-0.3, -0.25) is 0 Å². The fraction of sp³-hybridized carbons (Fsp3) is 1.00. The molecule has 0 aromatic carbocycles. The third-order valence-electron chi connectivity index (χ3n) is 2.44. The van der Waals surface area contributed by atoms with Crippen molar-refractivity contribution in [2.24, 2.45) is 0 Å². The second-order valence-electron chi connectivity index (χ2n) is 5.90. The number of rotatable bonds is 10. The van der Waals surface area contributed by atoms with Gasteiger partial charge in [0.05, 0.1) is 0 Å². The summed E-state index contributed by atoms with van der Waals surface area (Å²) in [6, 6.07) is 0.929. The van der Waals surface area contributed by atoms with Gasteiger partial charge in [-0.2, -0.15) is 0 Å². The van der Waals surface area contributed by atoms with E-state index < -0.39 is 45.0 Å². The highest BCUT2D eigenvalue weighted by molar-refractivity contribution is 6.83. The van der Waals surface area contributed by atoms with E-state index in [1.165, 1.54) is 0 Å². The van der Waals surface area contributed by atoms with E-state index in [0.29, 0.717) is 0 Å². The van der Waals surface area contributed by atoms with Crippen LogP contribution in [-0.4, -0.2) is 51.6 Å². The first kappa shape index (κ1) is 19.9. The average molecular weight is 357 g/mol. The highest BCUT2D eigenvalue weighted by Crippen LogP contribution is 2.21. The summed E-state index contributed by atoms with van der Waals surface area (Å²) in [7, 11) is -6.61. The first-order valence-electron chi connectivity index (χ1n) is 7.24. The van der Waals surface area contributed by atoms with Crippen LogP contribution in [0.3, 0.4) is 0 Å². The summed E-state index contributed by atoms with van der Waals surface area (Å²) < 4.78 is 24.4. The Balaban J connectivity index is 4.50. The van der Waals surface area contributed by atoms with E-state index in [1.807, 2.05) is 0 Å². The van der Waals surface area contributed by atoms with Crippen molar-refractivity contribution >= 4 is 45.0 Å². The lowest BCUT2D eigenvalue weighted by Crippen LogP contribution is -2.52. The van der Waals surface area contributed by atoms with Crippen molar-refractivity contribution in [2.45, 2.75) is 58.4 Å². The van der Waals surface area contributed by atoms with Crippen molar-refractivity contribution in [1.29, 1.82) is 0 Å². The van der Waals surface area contributed by atoms with E-state index in [1.54, 1.807) is 0 Å². The lowest BCUT2D eigenvalue weighted by atomic mass is 10.9. The van der Waals surface area contributed by atoms with Crippen molar-refractivity contribution in [2.75, 3.05) is 6.61 Å². The van der Waals surface area contributed by atoms with Crippen molar-refractivity contribution < 1.29 is 16.8 Å². The van der Waals surface area contributed by atoms with Crippen LogP contribution >= 0.6 is 0 Å². The Labute approximate surface area is 127 Å². The van der Waals surface area contributed by atoms with Crippen molar-refractivity contribution in [3.05, 3.63) is 0 Å². The predicted octanol–water partition coefficient (Wildman–Crippen LogP) is 1.93. The zero-order chi connectivity index (χ0) is 15.1. The van der Waals surface area contributed by atoms with Gasteiger partial charge in [0, 0.05) is 12.7 Å². The van der Waals surface area contributed by atoms with Gasteiger partial charge in [0.2, 0.25) is 0 Å². The zero-order valence-electron chi connectivity index (χ0n) is 13.9. The average Bonchev–Trinajstić information content (AvgIpc) is 2.12. The molecule has 0 unspecified atom stereocenters. The van der Waals surface area contributed by atoms with Gasteiger partial charge in [-0.25, -0.2) is 0 Å². The van der Waals surface area contributed by atoms with E-state index in [9.17, 15) is 0 Å². The Morgan fingerprint density at radius 3 is 2.00 bits per heavy atom. The normalized spacial score (nSPS) is 16.7. The molecule has 0 fully saturated rings. The molecule has 1 atom stereocenters. The molecule has 0 saturated carbocycles. The first-order valence-corrected chi connectivity index (χ1v) is 20.1. The maximum Gasteiger partial charge on any atom is 0.317 e. The molecule has 0 aliphatic carbocycles. The Morgan fingerprint density at radius 1 is 1.00 bits per heavy atom. The van der Waals surface area contributed by atoms with Gasteiger partial charge in [0.15, 0.2) is 18.1 Å².